The summed E-state index contributed by atoms with van der Waals surface area (Å²) in [4.78, 5) is 12.0. The van der Waals surface area contributed by atoms with E-state index in [2.05, 4.69) is 15.5 Å². The minimum absolute atomic E-state index is 0.0173. The van der Waals surface area contributed by atoms with Gasteiger partial charge in [-0.25, -0.2) is 8.42 Å². The zero-order chi connectivity index (χ0) is 17.9. The topological polar surface area (TPSA) is 103 Å². The molecule has 10 heteroatoms. The van der Waals surface area contributed by atoms with Crippen molar-refractivity contribution in [3.8, 4) is 11.4 Å². The predicted octanol–water partition coefficient (Wildman–Crippen LogP) is 0.671. The molecule has 2 heterocycles. The van der Waals surface area contributed by atoms with E-state index in [1.165, 1.54) is 11.8 Å². The third kappa shape index (κ3) is 4.51. The highest BCUT2D eigenvalue weighted by Gasteiger charge is 2.28. The van der Waals surface area contributed by atoms with Gasteiger partial charge in [-0.05, 0) is 18.6 Å². The second kappa shape index (κ2) is 7.44. The number of amides is 1. The van der Waals surface area contributed by atoms with Crippen LogP contribution in [0.15, 0.2) is 35.7 Å². The molecule has 0 unspecified atom stereocenters. The van der Waals surface area contributed by atoms with Crippen LogP contribution in [0.25, 0.3) is 5.69 Å². The van der Waals surface area contributed by atoms with Gasteiger partial charge >= 0.3 is 0 Å². The van der Waals surface area contributed by atoms with Crippen molar-refractivity contribution in [2.45, 2.75) is 17.6 Å². The molecule has 1 aromatic carbocycles. The molecule has 1 atom stereocenters. The lowest BCUT2D eigenvalue weighted by molar-refractivity contribution is -0.119. The number of thioether (sulfide) groups is 1. The molecule has 1 saturated heterocycles. The van der Waals surface area contributed by atoms with Gasteiger partial charge < -0.3 is 10.1 Å². The van der Waals surface area contributed by atoms with Crippen LogP contribution in [0.3, 0.4) is 0 Å². The summed E-state index contributed by atoms with van der Waals surface area (Å²) >= 11 is 1.24. The monoisotopic (exact) mass is 382 g/mol. The Bertz CT molecular complexity index is 866. The van der Waals surface area contributed by atoms with Gasteiger partial charge in [0.25, 0.3) is 0 Å². The molecule has 0 aliphatic carbocycles. The largest absolute Gasteiger partial charge is 0.497 e. The van der Waals surface area contributed by atoms with Crippen LogP contribution in [0.1, 0.15) is 6.42 Å². The molecule has 0 radical (unpaired) electrons. The Hall–Kier alpha value is -2.07. The molecule has 1 N–H and O–H groups in total. The molecular weight excluding hydrogens is 364 g/mol. The Morgan fingerprint density at radius 2 is 2.32 bits per heavy atom. The first-order valence-electron chi connectivity index (χ1n) is 7.64. The number of hydrogen-bond donors (Lipinski definition) is 1. The first kappa shape index (κ1) is 17.7. The third-order valence-corrected chi connectivity index (χ3v) is 6.49. The molecule has 1 aromatic heterocycles. The quantitative estimate of drug-likeness (QED) is 0.733. The van der Waals surface area contributed by atoms with Crippen LogP contribution < -0.4 is 10.1 Å². The molecule has 1 amide bonds. The summed E-state index contributed by atoms with van der Waals surface area (Å²) in [5.74, 6) is 0.785. The highest BCUT2D eigenvalue weighted by molar-refractivity contribution is 7.99. The summed E-state index contributed by atoms with van der Waals surface area (Å²) < 4.78 is 29.8. The Kier molecular flexibility index (Phi) is 5.28. The standard InChI is InChI=1S/C15H18N4O4S2/c1-23-13-4-2-3-12(7-13)19-10-16-18-15(19)24-8-14(20)17-11-5-6-25(21,22)9-11/h2-4,7,10-11H,5-6,8-9H2,1H3,(H,17,20)/t11-/m1/s1. The average molecular weight is 382 g/mol. The molecule has 0 bridgehead atoms. The maximum absolute atomic E-state index is 12.0. The second-order valence-electron chi connectivity index (χ2n) is 5.64. The van der Waals surface area contributed by atoms with E-state index in [1.54, 1.807) is 18.0 Å². The number of aromatic nitrogens is 3. The summed E-state index contributed by atoms with van der Waals surface area (Å²) in [5.41, 5.74) is 0.828. The van der Waals surface area contributed by atoms with Crippen LogP contribution in [0.4, 0.5) is 0 Å². The predicted molar refractivity (Wildman–Crippen MR) is 93.8 cm³/mol. The minimum Gasteiger partial charge on any atom is -0.497 e. The Balaban J connectivity index is 1.61. The molecule has 1 aliphatic rings. The molecular formula is C15H18N4O4S2. The van der Waals surface area contributed by atoms with E-state index in [0.29, 0.717) is 17.3 Å². The smallest absolute Gasteiger partial charge is 0.230 e. The van der Waals surface area contributed by atoms with Crippen molar-refractivity contribution in [2.75, 3.05) is 24.4 Å². The average Bonchev–Trinajstić information content (AvgIpc) is 3.19. The molecule has 134 valence electrons. The van der Waals surface area contributed by atoms with Crippen molar-refractivity contribution in [1.82, 2.24) is 20.1 Å². The summed E-state index contributed by atoms with van der Waals surface area (Å²) in [5, 5.41) is 11.3. The lowest BCUT2D eigenvalue weighted by Crippen LogP contribution is -2.36. The van der Waals surface area contributed by atoms with Gasteiger partial charge in [0.05, 0.1) is 30.1 Å². The van der Waals surface area contributed by atoms with Crippen molar-refractivity contribution in [1.29, 1.82) is 0 Å². The van der Waals surface area contributed by atoms with E-state index < -0.39 is 9.84 Å². The van der Waals surface area contributed by atoms with Gasteiger partial charge in [0, 0.05) is 12.1 Å². The molecule has 0 spiro atoms. The minimum atomic E-state index is -3.01. The molecule has 3 rings (SSSR count). The Labute approximate surface area is 149 Å². The Morgan fingerprint density at radius 3 is 3.04 bits per heavy atom. The highest BCUT2D eigenvalue weighted by atomic mass is 32.2. The summed E-state index contributed by atoms with van der Waals surface area (Å²) in [6, 6.07) is 7.13. The van der Waals surface area contributed by atoms with Crippen LogP contribution in [0.2, 0.25) is 0 Å². The zero-order valence-corrected chi connectivity index (χ0v) is 15.2. The van der Waals surface area contributed by atoms with E-state index in [1.807, 2.05) is 24.3 Å². The zero-order valence-electron chi connectivity index (χ0n) is 13.6. The fourth-order valence-corrected chi connectivity index (χ4v) is 4.98. The second-order valence-corrected chi connectivity index (χ2v) is 8.81. The summed E-state index contributed by atoms with van der Waals surface area (Å²) in [6.45, 7) is 0. The maximum Gasteiger partial charge on any atom is 0.230 e. The summed E-state index contributed by atoms with van der Waals surface area (Å²) in [6.07, 6.45) is 2.04. The number of sulfone groups is 1. The number of benzene rings is 1. The Morgan fingerprint density at radius 1 is 1.48 bits per heavy atom. The van der Waals surface area contributed by atoms with E-state index in [9.17, 15) is 13.2 Å². The number of methoxy groups -OCH3 is 1. The first-order chi connectivity index (χ1) is 12.0. The van der Waals surface area contributed by atoms with Gasteiger partial charge in [0.2, 0.25) is 5.91 Å². The van der Waals surface area contributed by atoms with Crippen LogP contribution in [0.5, 0.6) is 5.75 Å². The van der Waals surface area contributed by atoms with Gasteiger partial charge in [-0.1, -0.05) is 17.8 Å². The van der Waals surface area contributed by atoms with Gasteiger partial charge in [-0.2, -0.15) is 0 Å². The van der Waals surface area contributed by atoms with Crippen LogP contribution >= 0.6 is 11.8 Å². The van der Waals surface area contributed by atoms with Gasteiger partial charge in [-0.3, -0.25) is 9.36 Å². The van der Waals surface area contributed by atoms with Crippen molar-refractivity contribution in [2.24, 2.45) is 0 Å². The van der Waals surface area contributed by atoms with Crippen molar-refractivity contribution in [3.63, 3.8) is 0 Å². The van der Waals surface area contributed by atoms with E-state index >= 15 is 0 Å². The number of nitrogens with one attached hydrogen (secondary N) is 1. The van der Waals surface area contributed by atoms with Crippen molar-refractivity contribution >= 4 is 27.5 Å². The SMILES string of the molecule is COc1cccc(-n2cnnc2SCC(=O)N[C@@H]2CCS(=O)(=O)C2)c1. The lowest BCUT2D eigenvalue weighted by atomic mass is 10.3. The molecule has 1 aliphatic heterocycles. The number of carbonyl (C=O) groups is 1. The lowest BCUT2D eigenvalue weighted by Gasteiger charge is -2.11. The summed E-state index contributed by atoms with van der Waals surface area (Å²) in [7, 11) is -1.42. The van der Waals surface area contributed by atoms with Gasteiger partial charge in [-0.15, -0.1) is 10.2 Å². The first-order valence-corrected chi connectivity index (χ1v) is 10.4. The van der Waals surface area contributed by atoms with Gasteiger partial charge in [0.15, 0.2) is 15.0 Å². The fourth-order valence-electron chi connectivity index (χ4n) is 2.57. The number of ether oxygens (including phenoxy) is 1. The highest BCUT2D eigenvalue weighted by Crippen LogP contribution is 2.22. The molecule has 1 fully saturated rings. The fraction of sp³-hybridized carbons (Fsp3) is 0.400. The molecule has 25 heavy (non-hydrogen) atoms. The molecule has 0 saturated carbocycles. The normalized spacial score (nSPS) is 18.8. The number of hydrogen-bond acceptors (Lipinski definition) is 7. The van der Waals surface area contributed by atoms with Gasteiger partial charge in [0.1, 0.15) is 12.1 Å². The van der Waals surface area contributed by atoms with E-state index in [0.717, 1.165) is 5.69 Å². The van der Waals surface area contributed by atoms with Crippen LogP contribution in [0, 0.1) is 0 Å². The van der Waals surface area contributed by atoms with E-state index in [4.69, 9.17) is 4.74 Å². The van der Waals surface area contributed by atoms with E-state index in [-0.39, 0.29) is 29.2 Å². The number of nitrogens with zero attached hydrogens (tertiary/aromatic N) is 3. The van der Waals surface area contributed by atoms with Crippen LogP contribution in [-0.4, -0.2) is 59.5 Å². The molecule has 2 aromatic rings. The third-order valence-electron chi connectivity index (χ3n) is 3.78. The number of rotatable bonds is 6. The molecule has 8 nitrogen and oxygen atoms in total. The number of carbonyl (C=O) groups excluding carboxylic acids is 1. The maximum atomic E-state index is 12.0. The van der Waals surface area contributed by atoms with Crippen molar-refractivity contribution in [3.05, 3.63) is 30.6 Å². The van der Waals surface area contributed by atoms with Crippen LogP contribution in [-0.2, 0) is 14.6 Å². The van der Waals surface area contributed by atoms with Crippen molar-refractivity contribution < 1.29 is 17.9 Å².